The van der Waals surface area contributed by atoms with Crippen LogP contribution in [0.1, 0.15) is 70.9 Å². The summed E-state index contributed by atoms with van der Waals surface area (Å²) in [7, 11) is 9.59. The third kappa shape index (κ3) is 17.1. The summed E-state index contributed by atoms with van der Waals surface area (Å²) in [5, 5.41) is 35.8. The van der Waals surface area contributed by atoms with Crippen LogP contribution < -0.4 is 5.32 Å². The van der Waals surface area contributed by atoms with Crippen LogP contribution in [0, 0.1) is 0 Å². The van der Waals surface area contributed by atoms with Crippen molar-refractivity contribution >= 4 is 32.1 Å². The van der Waals surface area contributed by atoms with Crippen molar-refractivity contribution in [3.05, 3.63) is 26.6 Å². The Hall–Kier alpha value is -0.161. The Morgan fingerprint density at radius 2 is 1.51 bits per heavy atom. The number of nitrogens with zero attached hydrogens (tertiary/aromatic N) is 5. The van der Waals surface area contributed by atoms with Gasteiger partial charge in [-0.1, -0.05) is 46.0 Å². The molecule has 0 bridgehead atoms. The van der Waals surface area contributed by atoms with Gasteiger partial charge in [-0.15, -0.1) is 0 Å². The van der Waals surface area contributed by atoms with E-state index in [4.69, 9.17) is 51.9 Å². The molecule has 0 radical (unpaired) electrons. The molecule has 1 saturated carbocycles. The molecule has 12 heteroatoms. The Bertz CT molecular complexity index is 600. The third-order valence-corrected chi connectivity index (χ3v) is 6.06. The fraction of sp³-hybridized carbons (Fsp3) is 0.913. The average molecular weight is 584 g/mol. The number of halogens is 2. The molecule has 1 amide bonds. The number of hydrogen-bond donors (Lipinski definition) is 2. The van der Waals surface area contributed by atoms with E-state index in [1.807, 2.05) is 0 Å². The van der Waals surface area contributed by atoms with Gasteiger partial charge in [0.2, 0.25) is 5.91 Å². The Balaban J connectivity index is -0.000000835. The molecule has 2 N–H and O–H groups in total. The number of hydrogen-bond acceptors (Lipinski definition) is 2. The normalized spacial score (nSPS) is 28.9. The first-order valence-electron chi connectivity index (χ1n) is 12.5. The van der Waals surface area contributed by atoms with Gasteiger partial charge >= 0.3 is 39.3 Å². The molecule has 9 nitrogen and oxygen atoms in total. The van der Waals surface area contributed by atoms with E-state index in [1.54, 1.807) is 0 Å². The molecule has 2 fully saturated rings. The van der Waals surface area contributed by atoms with Crippen LogP contribution in [0.15, 0.2) is 0 Å². The van der Waals surface area contributed by atoms with Crippen LogP contribution in [0.2, 0.25) is 0 Å². The van der Waals surface area contributed by atoms with Gasteiger partial charge in [0, 0.05) is 18.7 Å². The first-order valence-corrected chi connectivity index (χ1v) is 15.8. The topological polar surface area (TPSA) is 137 Å². The molecule has 2 aliphatic rings. The molecule has 0 aromatic rings. The van der Waals surface area contributed by atoms with Crippen molar-refractivity contribution in [2.45, 2.75) is 95.4 Å². The van der Waals surface area contributed by atoms with Crippen molar-refractivity contribution in [2.24, 2.45) is 0 Å². The molecule has 0 aromatic carbocycles. The summed E-state index contributed by atoms with van der Waals surface area (Å²) in [5.74, 6) is -1.17. The maximum absolute atomic E-state index is 11.7. The van der Waals surface area contributed by atoms with Gasteiger partial charge in [-0.2, -0.15) is 62.9 Å². The van der Waals surface area contributed by atoms with Gasteiger partial charge < -0.3 is 37.0 Å². The van der Waals surface area contributed by atoms with E-state index in [0.29, 0.717) is 25.7 Å². The van der Waals surface area contributed by atoms with E-state index >= 15 is 0 Å². The molecule has 0 unspecified atom stereocenters. The van der Waals surface area contributed by atoms with Gasteiger partial charge in [-0.25, -0.2) is 0 Å². The number of fused-ring (bicyclic) bond motifs is 1. The Morgan fingerprint density at radius 1 is 0.914 bits per heavy atom. The molecule has 1 heterocycles. The molecule has 1 aliphatic carbocycles. The van der Waals surface area contributed by atoms with Gasteiger partial charge in [0.25, 0.3) is 0 Å². The van der Waals surface area contributed by atoms with Crippen LogP contribution in [0.4, 0.5) is 0 Å². The summed E-state index contributed by atoms with van der Waals surface area (Å²) >= 11 is 0.00694. The van der Waals surface area contributed by atoms with Crippen LogP contribution in [0.5, 0.6) is 0 Å². The summed E-state index contributed by atoms with van der Waals surface area (Å²) in [5.41, 5.74) is 0. The van der Waals surface area contributed by atoms with Gasteiger partial charge in [-0.05, 0) is 6.42 Å². The minimum atomic E-state index is -0.952. The summed E-state index contributed by atoms with van der Waals surface area (Å²) in [4.78, 5) is 22.3. The number of nitrogens with one attached hydrogen (secondary N) is 1. The first kappa shape index (κ1) is 32.9. The van der Waals surface area contributed by atoms with E-state index in [9.17, 15) is 9.59 Å². The number of carbonyl (C=O) groups excluding carboxylic acids is 1. The first-order chi connectivity index (χ1) is 16.8. The molecule has 2 rings (SSSR count). The predicted molar refractivity (Wildman–Crippen MR) is 149 cm³/mol. The zero-order chi connectivity index (χ0) is 25.9. The van der Waals surface area contributed by atoms with Crippen molar-refractivity contribution < 1.29 is 33.5 Å². The predicted octanol–water partition coefficient (Wildman–Crippen LogP) is 6.45. The van der Waals surface area contributed by atoms with Crippen LogP contribution in [0.3, 0.4) is 0 Å². The number of carboxylic acid groups (broad SMARTS) is 1. The number of carboxylic acids is 1. The maximum atomic E-state index is 11.7. The standard InChI is InChI=1S/C23H41N6O3.2ClH.Mn.4H2/c1-17-14-27-18(2)15-28-19(6-5-11-26-22(30)9-10-23(31)32)16-29-21-8-4-3-7-20(21)25-13-12-24-17;;;;;;;/h17-21H,3-16H2,1-2H3,(H,26,30)(H,31,32);2*1H;;4*1H/q-5;;;+2;;;;/p-2/t17-,18+,19-,20+,21+;;;;;;;/m0......./s1. The summed E-state index contributed by atoms with van der Waals surface area (Å²) < 4.78 is 0. The number of aliphatic carboxylic acids is 1. The van der Waals surface area contributed by atoms with Crippen molar-refractivity contribution in [1.82, 2.24) is 5.32 Å². The second-order valence-corrected chi connectivity index (χ2v) is 11.1. The van der Waals surface area contributed by atoms with E-state index in [2.05, 4.69) is 19.2 Å². The Labute approximate surface area is 231 Å². The zero-order valence-electron chi connectivity index (χ0n) is 20.9. The Kier molecular flexibility index (Phi) is 19.6. The molecule has 35 heavy (non-hydrogen) atoms. The van der Waals surface area contributed by atoms with E-state index in [0.717, 1.165) is 45.3 Å². The number of amides is 1. The zero-order valence-corrected chi connectivity index (χ0v) is 23.6. The summed E-state index contributed by atoms with van der Waals surface area (Å²) in [6.07, 6.45) is 6.16. The van der Waals surface area contributed by atoms with Gasteiger partial charge in [0.05, 0.1) is 6.42 Å². The average Bonchev–Trinajstić information content (AvgIpc) is 2.84. The smallest absolute Gasteiger partial charge is 0 e. The fourth-order valence-electron chi connectivity index (χ4n) is 4.14. The monoisotopic (exact) mass is 582 g/mol. The van der Waals surface area contributed by atoms with E-state index in [-0.39, 0.29) is 61.8 Å². The van der Waals surface area contributed by atoms with E-state index in [1.165, 1.54) is 12.8 Å². The van der Waals surface area contributed by atoms with Crippen LogP contribution in [-0.4, -0.2) is 86.5 Å². The third-order valence-electron chi connectivity index (χ3n) is 6.06. The van der Waals surface area contributed by atoms with Crippen molar-refractivity contribution in [3.63, 3.8) is 0 Å². The summed E-state index contributed by atoms with van der Waals surface area (Å²) in [6.45, 7) is 8.36. The summed E-state index contributed by atoms with van der Waals surface area (Å²) in [6, 6.07) is 1.06. The van der Waals surface area contributed by atoms with Crippen molar-refractivity contribution in [3.8, 4) is 0 Å². The molecule has 1 saturated heterocycles. The number of rotatable bonds is 7. The van der Waals surface area contributed by atoms with Crippen LogP contribution >= 0.6 is 20.2 Å². The van der Waals surface area contributed by atoms with Gasteiger partial charge in [0.1, 0.15) is 0 Å². The molecule has 0 aromatic heterocycles. The largest absolute Gasteiger partial charge is 0 e. The van der Waals surface area contributed by atoms with E-state index < -0.39 is 5.97 Å². The van der Waals surface area contributed by atoms with Gasteiger partial charge in [-0.3, -0.25) is 9.59 Å². The molecule has 215 valence electrons. The second kappa shape index (κ2) is 20.8. The maximum Gasteiger partial charge on any atom is 0 e. The Morgan fingerprint density at radius 3 is 2.20 bits per heavy atom. The molecular weight excluding hydrogens is 534 g/mol. The second-order valence-electron chi connectivity index (χ2n) is 9.12. The SMILES string of the molecule is C[C@@H]1C[N-][C@@H](CCCNC(=O)CCC(=O)O)C[N-][C@@H]2CCCC[C@H]2[N-]CC[N-][C@@H](C)C[N-]1.[Cl][Mn][Cl].[HH].[HH].[HH].[HH]. The van der Waals surface area contributed by atoms with Crippen LogP contribution in [0.25, 0.3) is 26.6 Å². The molecular formula is C23H49Cl2MnN6O3-5. The van der Waals surface area contributed by atoms with Gasteiger partial charge in [0.15, 0.2) is 0 Å². The molecule has 5 atom stereocenters. The van der Waals surface area contributed by atoms with Crippen molar-refractivity contribution in [1.29, 1.82) is 0 Å². The fourth-order valence-corrected chi connectivity index (χ4v) is 4.14. The molecule has 1 aliphatic heterocycles. The molecule has 0 spiro atoms. The number of carbonyl (C=O) groups is 2. The van der Waals surface area contributed by atoms with Crippen LogP contribution in [-0.2, 0) is 22.7 Å². The minimum Gasteiger partial charge on any atom is 0 e. The quantitative estimate of drug-likeness (QED) is 0.263. The minimum absolute atomic E-state index is 0. The van der Waals surface area contributed by atoms with Crippen molar-refractivity contribution in [2.75, 3.05) is 39.3 Å².